The van der Waals surface area contributed by atoms with E-state index in [1.54, 1.807) is 0 Å². The molecule has 2 nitrogen and oxygen atoms in total. The maximum absolute atomic E-state index is 11.2. The highest BCUT2D eigenvalue weighted by molar-refractivity contribution is 9.10. The molecule has 1 aliphatic heterocycles. The lowest BCUT2D eigenvalue weighted by Gasteiger charge is -2.45. The summed E-state index contributed by atoms with van der Waals surface area (Å²) in [5, 5.41) is 0. The van der Waals surface area contributed by atoms with Crippen LogP contribution in [-0.2, 0) is 4.79 Å². The molecule has 1 spiro atoms. The number of benzene rings is 1. The standard InChI is InChI=1S/C13H11BrO2/c1-8-11-4-9(14)2-3-12(11)16-7-13(8)5-10(15)6-13/h2-4H,1,5-7H2. The van der Waals surface area contributed by atoms with Gasteiger partial charge in [0.2, 0.25) is 0 Å². The summed E-state index contributed by atoms with van der Waals surface area (Å²) in [5.41, 5.74) is 1.97. The van der Waals surface area contributed by atoms with Gasteiger partial charge in [-0.25, -0.2) is 0 Å². The average molecular weight is 279 g/mol. The number of fused-ring (bicyclic) bond motifs is 1. The van der Waals surface area contributed by atoms with E-state index >= 15 is 0 Å². The molecule has 0 atom stereocenters. The van der Waals surface area contributed by atoms with Crippen LogP contribution in [0.25, 0.3) is 5.57 Å². The summed E-state index contributed by atoms with van der Waals surface area (Å²) in [7, 11) is 0. The lowest BCUT2D eigenvalue weighted by Crippen LogP contribution is -2.45. The Kier molecular flexibility index (Phi) is 2.02. The molecule has 1 aliphatic carbocycles. The minimum atomic E-state index is -0.120. The molecule has 0 N–H and O–H groups in total. The smallest absolute Gasteiger partial charge is 0.134 e. The van der Waals surface area contributed by atoms with E-state index in [1.807, 2.05) is 18.2 Å². The van der Waals surface area contributed by atoms with Crippen LogP contribution in [0.5, 0.6) is 5.75 Å². The minimum absolute atomic E-state index is 0.120. The fraction of sp³-hybridized carbons (Fsp3) is 0.308. The molecule has 1 saturated carbocycles. The van der Waals surface area contributed by atoms with Crippen LogP contribution in [0, 0.1) is 5.41 Å². The van der Waals surface area contributed by atoms with Gasteiger partial charge >= 0.3 is 0 Å². The Balaban J connectivity index is 2.05. The highest BCUT2D eigenvalue weighted by Gasteiger charge is 2.49. The van der Waals surface area contributed by atoms with Crippen LogP contribution in [0.4, 0.5) is 0 Å². The maximum atomic E-state index is 11.2. The number of rotatable bonds is 0. The van der Waals surface area contributed by atoms with Gasteiger partial charge in [-0.1, -0.05) is 22.5 Å². The average Bonchev–Trinajstić information content (AvgIpc) is 2.21. The third-order valence-electron chi connectivity index (χ3n) is 3.48. The van der Waals surface area contributed by atoms with Gasteiger partial charge in [0.1, 0.15) is 11.5 Å². The summed E-state index contributed by atoms with van der Waals surface area (Å²) in [5.74, 6) is 1.18. The van der Waals surface area contributed by atoms with Crippen LogP contribution in [0.1, 0.15) is 18.4 Å². The van der Waals surface area contributed by atoms with Gasteiger partial charge in [0.05, 0.1) is 6.61 Å². The van der Waals surface area contributed by atoms with E-state index < -0.39 is 0 Å². The Morgan fingerprint density at radius 3 is 2.81 bits per heavy atom. The Hall–Kier alpha value is -1.09. The molecule has 1 heterocycles. The molecule has 0 unspecified atom stereocenters. The molecule has 3 heteroatoms. The summed E-state index contributed by atoms with van der Waals surface area (Å²) in [6.07, 6.45) is 1.16. The van der Waals surface area contributed by atoms with Gasteiger partial charge in [-0.15, -0.1) is 0 Å². The Labute approximate surface area is 102 Å². The van der Waals surface area contributed by atoms with Crippen LogP contribution >= 0.6 is 15.9 Å². The van der Waals surface area contributed by atoms with Crippen molar-refractivity contribution >= 4 is 27.3 Å². The van der Waals surface area contributed by atoms with Gasteiger partial charge in [0.25, 0.3) is 0 Å². The van der Waals surface area contributed by atoms with Gasteiger partial charge in [0, 0.05) is 28.3 Å². The summed E-state index contributed by atoms with van der Waals surface area (Å²) in [4.78, 5) is 11.2. The van der Waals surface area contributed by atoms with Crippen molar-refractivity contribution in [1.82, 2.24) is 0 Å². The maximum Gasteiger partial charge on any atom is 0.134 e. The number of carbonyl (C=O) groups is 1. The normalized spacial score (nSPS) is 21.3. The minimum Gasteiger partial charge on any atom is -0.492 e. The summed E-state index contributed by atoms with van der Waals surface area (Å²) in [6.45, 7) is 4.74. The van der Waals surface area contributed by atoms with Crippen molar-refractivity contribution in [3.63, 3.8) is 0 Å². The fourth-order valence-electron chi connectivity index (χ4n) is 2.47. The van der Waals surface area contributed by atoms with Crippen molar-refractivity contribution < 1.29 is 9.53 Å². The van der Waals surface area contributed by atoms with Gasteiger partial charge in [-0.05, 0) is 23.8 Å². The van der Waals surface area contributed by atoms with E-state index in [1.165, 1.54) is 0 Å². The quantitative estimate of drug-likeness (QED) is 0.729. The van der Waals surface area contributed by atoms with Crippen LogP contribution in [-0.4, -0.2) is 12.4 Å². The number of ketones is 1. The van der Waals surface area contributed by atoms with Crippen molar-refractivity contribution in [2.75, 3.05) is 6.61 Å². The van der Waals surface area contributed by atoms with E-state index in [4.69, 9.17) is 4.74 Å². The summed E-state index contributed by atoms with van der Waals surface area (Å²) < 4.78 is 6.73. The number of ether oxygens (including phenoxy) is 1. The molecule has 1 aromatic carbocycles. The molecule has 2 aliphatic rings. The van der Waals surface area contributed by atoms with Crippen LogP contribution < -0.4 is 4.74 Å². The zero-order valence-electron chi connectivity index (χ0n) is 8.75. The monoisotopic (exact) mass is 278 g/mol. The molecule has 0 saturated heterocycles. The first kappa shape index (κ1) is 10.1. The fourth-order valence-corrected chi connectivity index (χ4v) is 2.83. The predicted octanol–water partition coefficient (Wildman–Crippen LogP) is 3.20. The van der Waals surface area contributed by atoms with Gasteiger partial charge in [0.15, 0.2) is 0 Å². The van der Waals surface area contributed by atoms with Crippen LogP contribution in [0.3, 0.4) is 0 Å². The van der Waals surface area contributed by atoms with E-state index in [0.29, 0.717) is 25.2 Å². The van der Waals surface area contributed by atoms with Crippen LogP contribution in [0.2, 0.25) is 0 Å². The zero-order valence-corrected chi connectivity index (χ0v) is 10.3. The molecule has 16 heavy (non-hydrogen) atoms. The van der Waals surface area contributed by atoms with Gasteiger partial charge in [-0.2, -0.15) is 0 Å². The molecule has 82 valence electrons. The van der Waals surface area contributed by atoms with E-state index in [0.717, 1.165) is 21.4 Å². The summed E-state index contributed by atoms with van der Waals surface area (Å²) in [6, 6.07) is 5.91. The first-order chi connectivity index (χ1) is 7.61. The number of Topliss-reactive ketones (excluding diaryl/α,β-unsaturated/α-hetero) is 1. The van der Waals surface area contributed by atoms with Crippen LogP contribution in [0.15, 0.2) is 29.3 Å². The molecule has 0 bridgehead atoms. The third-order valence-corrected chi connectivity index (χ3v) is 3.98. The molecule has 3 rings (SSSR count). The van der Waals surface area contributed by atoms with Gasteiger partial charge < -0.3 is 4.74 Å². The van der Waals surface area contributed by atoms with Crippen molar-refractivity contribution in [1.29, 1.82) is 0 Å². The highest BCUT2D eigenvalue weighted by atomic mass is 79.9. The Morgan fingerprint density at radius 1 is 1.38 bits per heavy atom. The Morgan fingerprint density at radius 2 is 2.12 bits per heavy atom. The molecule has 1 fully saturated rings. The number of carbonyl (C=O) groups excluding carboxylic acids is 1. The number of halogens is 1. The second kappa shape index (κ2) is 3.20. The largest absolute Gasteiger partial charge is 0.492 e. The SMILES string of the molecule is C=C1c2cc(Br)ccc2OCC12CC(=O)C2. The molecule has 0 aromatic heterocycles. The lowest BCUT2D eigenvalue weighted by molar-refractivity contribution is -0.131. The first-order valence-electron chi connectivity index (χ1n) is 5.25. The van der Waals surface area contributed by atoms with Crippen molar-refractivity contribution in [3.8, 4) is 5.75 Å². The molecule has 0 amide bonds. The van der Waals surface area contributed by atoms with Crippen molar-refractivity contribution in [3.05, 3.63) is 34.8 Å². The second-order valence-corrected chi connectivity index (χ2v) is 5.50. The predicted molar refractivity (Wildman–Crippen MR) is 65.3 cm³/mol. The molecular formula is C13H11BrO2. The number of hydrogen-bond acceptors (Lipinski definition) is 2. The van der Waals surface area contributed by atoms with E-state index in [9.17, 15) is 4.79 Å². The summed E-state index contributed by atoms with van der Waals surface area (Å²) >= 11 is 3.44. The Bertz CT molecular complexity index is 497. The molecule has 0 radical (unpaired) electrons. The molecular weight excluding hydrogens is 268 g/mol. The van der Waals surface area contributed by atoms with Crippen molar-refractivity contribution in [2.24, 2.45) is 5.41 Å². The first-order valence-corrected chi connectivity index (χ1v) is 6.04. The highest BCUT2D eigenvalue weighted by Crippen LogP contribution is 2.53. The molecule has 1 aromatic rings. The third kappa shape index (κ3) is 1.27. The second-order valence-electron chi connectivity index (χ2n) is 4.58. The van der Waals surface area contributed by atoms with Crippen molar-refractivity contribution in [2.45, 2.75) is 12.8 Å². The van der Waals surface area contributed by atoms with E-state index in [-0.39, 0.29) is 5.41 Å². The van der Waals surface area contributed by atoms with Gasteiger partial charge in [-0.3, -0.25) is 4.79 Å². The van der Waals surface area contributed by atoms with E-state index in [2.05, 4.69) is 22.5 Å². The zero-order chi connectivity index (χ0) is 11.3. The number of hydrogen-bond donors (Lipinski definition) is 0. The lowest BCUT2D eigenvalue weighted by atomic mass is 9.62. The topological polar surface area (TPSA) is 26.3 Å².